The minimum absolute atomic E-state index is 0.103. The third-order valence-corrected chi connectivity index (χ3v) is 5.93. The molecule has 1 heterocycles. The van der Waals surface area contributed by atoms with E-state index in [0.717, 1.165) is 6.07 Å². The van der Waals surface area contributed by atoms with E-state index in [0.29, 0.717) is 37.7 Å². The fourth-order valence-electron chi connectivity index (χ4n) is 2.73. The summed E-state index contributed by atoms with van der Waals surface area (Å²) in [6.07, 6.45) is 2.65. The second-order valence-corrected chi connectivity index (χ2v) is 8.00. The highest BCUT2D eigenvalue weighted by Crippen LogP contribution is 2.30. The Morgan fingerprint density at radius 1 is 1.35 bits per heavy atom. The van der Waals surface area contributed by atoms with Gasteiger partial charge in [0.2, 0.25) is 10.0 Å². The van der Waals surface area contributed by atoms with Crippen LogP contribution in [0.2, 0.25) is 0 Å². The lowest BCUT2D eigenvalue weighted by molar-refractivity contribution is -0.0672. The van der Waals surface area contributed by atoms with Crippen molar-refractivity contribution in [3.05, 3.63) is 29.6 Å². The number of benzene rings is 1. The van der Waals surface area contributed by atoms with Gasteiger partial charge in [0.05, 0.1) is 23.6 Å². The molecule has 7 heteroatoms. The monoisotopic (exact) mass is 343 g/mol. The van der Waals surface area contributed by atoms with Crippen molar-refractivity contribution in [2.75, 3.05) is 19.8 Å². The lowest BCUT2D eigenvalue weighted by Crippen LogP contribution is -2.50. The highest BCUT2D eigenvalue weighted by Gasteiger charge is 2.33. The second-order valence-electron chi connectivity index (χ2n) is 6.32. The molecule has 2 fully saturated rings. The summed E-state index contributed by atoms with van der Waals surface area (Å²) in [5, 5.41) is 0. The molecule has 1 saturated carbocycles. The Labute approximate surface area is 136 Å². The number of rotatable bonds is 6. The summed E-state index contributed by atoms with van der Waals surface area (Å²) in [7, 11) is -3.72. The van der Waals surface area contributed by atoms with Crippen LogP contribution in [-0.2, 0) is 19.5 Å². The summed E-state index contributed by atoms with van der Waals surface area (Å²) < 4.78 is 52.3. The molecule has 1 aromatic rings. The van der Waals surface area contributed by atoms with Crippen molar-refractivity contribution in [2.24, 2.45) is 5.92 Å². The average Bonchev–Trinajstić information content (AvgIpc) is 3.29. The molecule has 2 atom stereocenters. The van der Waals surface area contributed by atoms with Gasteiger partial charge in [0.15, 0.2) is 0 Å². The molecule has 0 aromatic heterocycles. The van der Waals surface area contributed by atoms with E-state index in [2.05, 4.69) is 4.72 Å². The molecule has 5 nitrogen and oxygen atoms in total. The number of nitrogens with one attached hydrogen (secondary N) is 1. The molecule has 128 valence electrons. The first-order valence-corrected chi connectivity index (χ1v) is 9.42. The van der Waals surface area contributed by atoms with Gasteiger partial charge >= 0.3 is 0 Å². The Morgan fingerprint density at radius 2 is 2.13 bits per heavy atom. The Kier molecular flexibility index (Phi) is 5.01. The van der Waals surface area contributed by atoms with Gasteiger partial charge < -0.3 is 9.47 Å². The number of aryl methyl sites for hydroxylation is 1. The number of ether oxygens (including phenoxy) is 2. The van der Waals surface area contributed by atoms with Crippen molar-refractivity contribution in [1.29, 1.82) is 0 Å². The molecular weight excluding hydrogens is 321 g/mol. The van der Waals surface area contributed by atoms with Gasteiger partial charge in [-0.25, -0.2) is 17.5 Å². The zero-order valence-electron chi connectivity index (χ0n) is 13.1. The van der Waals surface area contributed by atoms with Gasteiger partial charge in [-0.05, 0) is 55.9 Å². The van der Waals surface area contributed by atoms with Crippen LogP contribution in [0.5, 0.6) is 0 Å². The average molecular weight is 343 g/mol. The third-order valence-electron chi connectivity index (χ3n) is 4.28. The van der Waals surface area contributed by atoms with E-state index in [1.54, 1.807) is 6.92 Å². The van der Waals surface area contributed by atoms with Crippen molar-refractivity contribution < 1.29 is 22.3 Å². The SMILES string of the molecule is Cc1cc(F)ccc1S(=O)(=O)NC1CCOCC1OCC1CC1. The Bertz CT molecular complexity index is 660. The first-order valence-electron chi connectivity index (χ1n) is 7.93. The maximum Gasteiger partial charge on any atom is 0.241 e. The summed E-state index contributed by atoms with van der Waals surface area (Å²) in [6, 6.07) is 3.36. The van der Waals surface area contributed by atoms with Crippen LogP contribution in [0.15, 0.2) is 23.1 Å². The number of sulfonamides is 1. The fraction of sp³-hybridized carbons (Fsp3) is 0.625. The number of hydrogen-bond acceptors (Lipinski definition) is 4. The van der Waals surface area contributed by atoms with Crippen molar-refractivity contribution in [3.8, 4) is 0 Å². The van der Waals surface area contributed by atoms with E-state index >= 15 is 0 Å². The van der Waals surface area contributed by atoms with Gasteiger partial charge in [-0.2, -0.15) is 0 Å². The molecule has 1 aliphatic heterocycles. The lowest BCUT2D eigenvalue weighted by Gasteiger charge is -2.32. The molecular formula is C16H22FNO4S. The minimum Gasteiger partial charge on any atom is -0.379 e. The highest BCUT2D eigenvalue weighted by molar-refractivity contribution is 7.89. The van der Waals surface area contributed by atoms with E-state index in [9.17, 15) is 12.8 Å². The molecule has 23 heavy (non-hydrogen) atoms. The van der Waals surface area contributed by atoms with Crippen LogP contribution in [0.25, 0.3) is 0 Å². The number of hydrogen-bond donors (Lipinski definition) is 1. The van der Waals surface area contributed by atoms with Crippen LogP contribution >= 0.6 is 0 Å². The van der Waals surface area contributed by atoms with E-state index in [-0.39, 0.29) is 17.0 Å². The highest BCUT2D eigenvalue weighted by atomic mass is 32.2. The Morgan fingerprint density at radius 3 is 2.83 bits per heavy atom. The van der Waals surface area contributed by atoms with Crippen LogP contribution in [0.4, 0.5) is 4.39 Å². The van der Waals surface area contributed by atoms with E-state index < -0.39 is 15.8 Å². The molecule has 1 saturated heterocycles. The van der Waals surface area contributed by atoms with E-state index in [1.807, 2.05) is 0 Å². The second kappa shape index (κ2) is 6.84. The maximum atomic E-state index is 13.2. The summed E-state index contributed by atoms with van der Waals surface area (Å²) in [6.45, 7) is 3.13. The molecule has 1 aliphatic carbocycles. The molecule has 2 aliphatic rings. The minimum atomic E-state index is -3.72. The van der Waals surface area contributed by atoms with Crippen LogP contribution in [-0.4, -0.2) is 40.4 Å². The molecule has 2 unspecified atom stereocenters. The topological polar surface area (TPSA) is 64.6 Å². The Balaban J connectivity index is 1.71. The predicted molar refractivity (Wildman–Crippen MR) is 83.1 cm³/mol. The number of halogens is 1. The molecule has 0 spiro atoms. The largest absolute Gasteiger partial charge is 0.379 e. The van der Waals surface area contributed by atoms with Gasteiger partial charge in [0, 0.05) is 13.2 Å². The van der Waals surface area contributed by atoms with Crippen LogP contribution < -0.4 is 4.72 Å². The van der Waals surface area contributed by atoms with Gasteiger partial charge in [-0.15, -0.1) is 0 Å². The molecule has 3 rings (SSSR count). The summed E-state index contributed by atoms with van der Waals surface area (Å²) in [5.41, 5.74) is 0.389. The Hall–Kier alpha value is -1.02. The quantitative estimate of drug-likeness (QED) is 0.858. The predicted octanol–water partition coefficient (Wildman–Crippen LogP) is 2.00. The van der Waals surface area contributed by atoms with Gasteiger partial charge in [0.25, 0.3) is 0 Å². The molecule has 0 amide bonds. The molecule has 1 aromatic carbocycles. The van der Waals surface area contributed by atoms with Gasteiger partial charge in [0.1, 0.15) is 5.82 Å². The summed E-state index contributed by atoms with van der Waals surface area (Å²) in [5.74, 6) is 0.159. The molecule has 0 bridgehead atoms. The van der Waals surface area contributed by atoms with Crippen molar-refractivity contribution in [3.63, 3.8) is 0 Å². The first-order chi connectivity index (χ1) is 11.0. The molecule has 1 N–H and O–H groups in total. The maximum absolute atomic E-state index is 13.2. The summed E-state index contributed by atoms with van der Waals surface area (Å²) in [4.78, 5) is 0.103. The molecule has 0 radical (unpaired) electrons. The smallest absolute Gasteiger partial charge is 0.241 e. The first kappa shape index (κ1) is 16.8. The zero-order valence-corrected chi connectivity index (χ0v) is 13.9. The third kappa shape index (κ3) is 4.29. The lowest BCUT2D eigenvalue weighted by atomic mass is 10.1. The standard InChI is InChI=1S/C16H22FNO4S/c1-11-8-13(17)4-5-16(11)23(19,20)18-14-6-7-21-10-15(14)22-9-12-2-3-12/h4-5,8,12,14-15,18H,2-3,6-7,9-10H2,1H3. The van der Waals surface area contributed by atoms with Crippen LogP contribution in [0, 0.1) is 18.7 Å². The van der Waals surface area contributed by atoms with Crippen molar-refractivity contribution >= 4 is 10.0 Å². The van der Waals surface area contributed by atoms with Crippen LogP contribution in [0.3, 0.4) is 0 Å². The van der Waals surface area contributed by atoms with Gasteiger partial charge in [-0.3, -0.25) is 0 Å². The normalized spacial score (nSPS) is 25.5. The van der Waals surface area contributed by atoms with E-state index in [4.69, 9.17) is 9.47 Å². The van der Waals surface area contributed by atoms with Crippen molar-refractivity contribution in [2.45, 2.75) is 43.2 Å². The zero-order chi connectivity index (χ0) is 16.4. The van der Waals surface area contributed by atoms with Gasteiger partial charge in [-0.1, -0.05) is 0 Å². The van der Waals surface area contributed by atoms with E-state index in [1.165, 1.54) is 25.0 Å². The van der Waals surface area contributed by atoms with Crippen molar-refractivity contribution in [1.82, 2.24) is 4.72 Å². The van der Waals surface area contributed by atoms with Crippen LogP contribution in [0.1, 0.15) is 24.8 Å². The summed E-state index contributed by atoms with van der Waals surface area (Å²) >= 11 is 0. The fourth-order valence-corrected chi connectivity index (χ4v) is 4.26.